The number of hydrogen-bond acceptors (Lipinski definition) is 5. The molecule has 0 saturated carbocycles. The molecule has 0 aliphatic carbocycles. The molecular formula is C19H26F3N5O2S. The zero-order valence-corrected chi connectivity index (χ0v) is 18.3. The summed E-state index contributed by atoms with van der Waals surface area (Å²) in [4.78, 5) is 16.0. The van der Waals surface area contributed by atoms with E-state index in [4.69, 9.17) is 17.0 Å². The molecule has 30 heavy (non-hydrogen) atoms. The molecule has 1 aliphatic heterocycles. The molecule has 3 heterocycles. The lowest BCUT2D eigenvalue weighted by Crippen LogP contribution is -2.47. The van der Waals surface area contributed by atoms with Gasteiger partial charge in [-0.3, -0.25) is 9.30 Å². The fourth-order valence-corrected chi connectivity index (χ4v) is 3.64. The topological polar surface area (TPSA) is 55.0 Å². The molecule has 2 aromatic rings. The number of halogens is 3. The van der Waals surface area contributed by atoms with Gasteiger partial charge in [-0.1, -0.05) is 0 Å². The van der Waals surface area contributed by atoms with Crippen molar-refractivity contribution in [3.8, 4) is 0 Å². The Morgan fingerprint density at radius 2 is 1.90 bits per heavy atom. The second kappa shape index (κ2) is 8.18. The van der Waals surface area contributed by atoms with Gasteiger partial charge in [-0.05, 0) is 58.0 Å². The Morgan fingerprint density at radius 3 is 2.47 bits per heavy atom. The summed E-state index contributed by atoms with van der Waals surface area (Å²) in [5.74, 6) is 0. The van der Waals surface area contributed by atoms with Crippen molar-refractivity contribution in [2.24, 2.45) is 0 Å². The maximum atomic E-state index is 13.0. The van der Waals surface area contributed by atoms with Crippen LogP contribution in [0.25, 0.3) is 5.65 Å². The van der Waals surface area contributed by atoms with Crippen molar-refractivity contribution in [1.82, 2.24) is 24.0 Å². The number of carbonyl (C=O) groups excluding carboxylic acids is 1. The van der Waals surface area contributed by atoms with Gasteiger partial charge in [0, 0.05) is 32.4 Å². The summed E-state index contributed by atoms with van der Waals surface area (Å²) in [5.41, 5.74) is -0.943. The van der Waals surface area contributed by atoms with Crippen LogP contribution in [0.3, 0.4) is 0 Å². The molecule has 1 saturated heterocycles. The second-order valence-corrected chi connectivity index (χ2v) is 8.87. The molecule has 0 unspecified atom stereocenters. The first-order valence-electron chi connectivity index (χ1n) is 9.70. The highest BCUT2D eigenvalue weighted by Gasteiger charge is 2.31. The van der Waals surface area contributed by atoms with Crippen molar-refractivity contribution in [2.45, 2.75) is 58.1 Å². The predicted octanol–water partition coefficient (Wildman–Crippen LogP) is 4.17. The molecule has 0 N–H and O–H groups in total. The summed E-state index contributed by atoms with van der Waals surface area (Å²) in [6.07, 6.45) is -2.29. The van der Waals surface area contributed by atoms with Crippen LogP contribution in [0.2, 0.25) is 0 Å². The van der Waals surface area contributed by atoms with Gasteiger partial charge in [0.1, 0.15) is 5.60 Å². The van der Waals surface area contributed by atoms with E-state index >= 15 is 0 Å². The van der Waals surface area contributed by atoms with Crippen LogP contribution in [0.15, 0.2) is 18.3 Å². The number of likely N-dealkylation sites (tertiary alicyclic amines) is 1. The first kappa shape index (κ1) is 22.5. The molecular weight excluding hydrogens is 419 g/mol. The molecule has 1 aliphatic rings. The summed E-state index contributed by atoms with van der Waals surface area (Å²) in [7, 11) is 1.74. The maximum Gasteiger partial charge on any atom is 0.417 e. The highest BCUT2D eigenvalue weighted by molar-refractivity contribution is 7.71. The molecule has 0 radical (unpaired) electrons. The zero-order chi connectivity index (χ0) is 22.3. The van der Waals surface area contributed by atoms with Crippen molar-refractivity contribution < 1.29 is 22.7 Å². The first-order chi connectivity index (χ1) is 13.8. The molecule has 3 rings (SSSR count). The monoisotopic (exact) mass is 445 g/mol. The number of amides is 1. The fourth-order valence-electron chi connectivity index (χ4n) is 3.40. The fraction of sp³-hybridized carbons (Fsp3) is 0.632. The summed E-state index contributed by atoms with van der Waals surface area (Å²) >= 11 is 5.33. The Bertz CT molecular complexity index is 971. The molecule has 2 aromatic heterocycles. The minimum Gasteiger partial charge on any atom is -0.444 e. The van der Waals surface area contributed by atoms with Gasteiger partial charge in [0.15, 0.2) is 5.65 Å². The summed E-state index contributed by atoms with van der Waals surface area (Å²) < 4.78 is 47.3. The normalized spacial score (nSPS) is 16.8. The van der Waals surface area contributed by atoms with Crippen molar-refractivity contribution in [3.05, 3.63) is 28.7 Å². The Morgan fingerprint density at radius 1 is 1.27 bits per heavy atom. The van der Waals surface area contributed by atoms with Crippen LogP contribution < -0.4 is 0 Å². The molecule has 0 bridgehead atoms. The Balaban J connectivity index is 1.64. The first-order valence-corrected chi connectivity index (χ1v) is 10.1. The van der Waals surface area contributed by atoms with Crippen LogP contribution in [0.4, 0.5) is 18.0 Å². The summed E-state index contributed by atoms with van der Waals surface area (Å²) in [6, 6.07) is 2.39. The number of alkyl halides is 3. The number of carbonyl (C=O) groups is 1. The van der Waals surface area contributed by atoms with Crippen LogP contribution >= 0.6 is 12.2 Å². The SMILES string of the molecule is CN(C(=O)OC(C)(C)C)C1CCN(Cn2nc3ccc(C(F)(F)F)cn3c2=S)CC1. The minimum absolute atomic E-state index is 0.0690. The standard InChI is InChI=1S/C19H26F3N5O2S/c1-18(2,3)29-17(28)24(4)14-7-9-25(10-8-14)12-27-16(30)26-11-13(19(20,21)22)5-6-15(26)23-27/h5-6,11,14H,7-10,12H2,1-4H3. The van der Waals surface area contributed by atoms with Gasteiger partial charge < -0.3 is 9.64 Å². The van der Waals surface area contributed by atoms with Gasteiger partial charge >= 0.3 is 12.3 Å². The van der Waals surface area contributed by atoms with E-state index in [0.29, 0.717) is 25.4 Å². The van der Waals surface area contributed by atoms with Crippen molar-refractivity contribution in [1.29, 1.82) is 0 Å². The molecule has 0 aromatic carbocycles. The zero-order valence-electron chi connectivity index (χ0n) is 17.4. The van der Waals surface area contributed by atoms with E-state index in [1.165, 1.54) is 15.1 Å². The Hall–Kier alpha value is -2.14. The predicted molar refractivity (Wildman–Crippen MR) is 108 cm³/mol. The number of ether oxygens (including phenoxy) is 1. The lowest BCUT2D eigenvalue weighted by molar-refractivity contribution is -0.137. The van der Waals surface area contributed by atoms with Crippen molar-refractivity contribution in [2.75, 3.05) is 20.1 Å². The number of piperidine rings is 1. The molecule has 7 nitrogen and oxygen atoms in total. The van der Waals surface area contributed by atoms with Crippen LogP contribution in [0.5, 0.6) is 0 Å². The third-order valence-corrected chi connectivity index (χ3v) is 5.43. The Labute approximate surface area is 178 Å². The van der Waals surface area contributed by atoms with E-state index in [9.17, 15) is 18.0 Å². The molecule has 0 spiro atoms. The second-order valence-electron chi connectivity index (χ2n) is 8.51. The van der Waals surface area contributed by atoms with Gasteiger partial charge in [-0.15, -0.1) is 0 Å². The summed E-state index contributed by atoms with van der Waals surface area (Å²) in [5, 5.41) is 4.33. The van der Waals surface area contributed by atoms with E-state index in [-0.39, 0.29) is 16.9 Å². The number of fused-ring (bicyclic) bond motifs is 1. The molecule has 11 heteroatoms. The number of aromatic nitrogens is 3. The maximum absolute atomic E-state index is 13.0. The smallest absolute Gasteiger partial charge is 0.417 e. The molecule has 1 amide bonds. The number of hydrogen-bond donors (Lipinski definition) is 0. The lowest BCUT2D eigenvalue weighted by atomic mass is 10.0. The van der Waals surface area contributed by atoms with Crippen molar-refractivity contribution >= 4 is 24.0 Å². The average molecular weight is 446 g/mol. The minimum atomic E-state index is -4.44. The van der Waals surface area contributed by atoms with E-state index < -0.39 is 17.3 Å². The average Bonchev–Trinajstić information content (AvgIpc) is 2.95. The quantitative estimate of drug-likeness (QED) is 0.664. The molecule has 1 fully saturated rings. The highest BCUT2D eigenvalue weighted by Crippen LogP contribution is 2.29. The number of pyridine rings is 1. The van der Waals surface area contributed by atoms with E-state index in [0.717, 1.165) is 25.1 Å². The largest absolute Gasteiger partial charge is 0.444 e. The van der Waals surface area contributed by atoms with Gasteiger partial charge in [0.25, 0.3) is 0 Å². The van der Waals surface area contributed by atoms with E-state index in [1.807, 2.05) is 20.8 Å². The van der Waals surface area contributed by atoms with Crippen LogP contribution in [-0.2, 0) is 17.6 Å². The van der Waals surface area contributed by atoms with Crippen LogP contribution in [0.1, 0.15) is 39.2 Å². The van der Waals surface area contributed by atoms with Gasteiger partial charge in [0.2, 0.25) is 4.77 Å². The number of nitrogens with zero attached hydrogens (tertiary/aromatic N) is 5. The molecule has 166 valence electrons. The third-order valence-electron chi connectivity index (χ3n) is 5.02. The van der Waals surface area contributed by atoms with E-state index in [2.05, 4.69) is 10.00 Å². The van der Waals surface area contributed by atoms with Crippen molar-refractivity contribution in [3.63, 3.8) is 0 Å². The highest BCUT2D eigenvalue weighted by atomic mass is 32.1. The summed E-state index contributed by atoms with van der Waals surface area (Å²) in [6.45, 7) is 7.29. The molecule has 0 atom stereocenters. The van der Waals surface area contributed by atoms with Crippen LogP contribution in [0, 0.1) is 4.77 Å². The van der Waals surface area contributed by atoms with E-state index in [1.54, 1.807) is 11.9 Å². The van der Waals surface area contributed by atoms with Gasteiger partial charge in [0.05, 0.1) is 12.2 Å². The van der Waals surface area contributed by atoms with Gasteiger partial charge in [-0.2, -0.15) is 18.3 Å². The third kappa shape index (κ3) is 5.12. The Kier molecular flexibility index (Phi) is 6.15. The van der Waals surface area contributed by atoms with Crippen LogP contribution in [-0.4, -0.2) is 61.9 Å². The van der Waals surface area contributed by atoms with Gasteiger partial charge in [-0.25, -0.2) is 9.48 Å². The number of rotatable bonds is 3. The lowest BCUT2D eigenvalue weighted by Gasteiger charge is -2.37.